The maximum absolute atomic E-state index is 9.69. The number of nitrogens with two attached hydrogens (primary N) is 1. The van der Waals surface area contributed by atoms with Crippen LogP contribution in [-0.2, 0) is 0 Å². The summed E-state index contributed by atoms with van der Waals surface area (Å²) in [6, 6.07) is 7.83. The van der Waals surface area contributed by atoms with Gasteiger partial charge in [0, 0.05) is 29.4 Å². The highest BCUT2D eigenvalue weighted by Crippen LogP contribution is 2.29. The minimum absolute atomic E-state index is 0.220. The number of hydrogen-bond acceptors (Lipinski definition) is 6. The minimum atomic E-state index is -0.220. The number of nitrogens with one attached hydrogen (secondary N) is 2. The summed E-state index contributed by atoms with van der Waals surface area (Å²) in [5.41, 5.74) is 8.95. The smallest absolute Gasteiger partial charge is 0.164 e. The Morgan fingerprint density at radius 3 is 2.83 bits per heavy atom. The summed E-state index contributed by atoms with van der Waals surface area (Å²) in [5.74, 6) is 0.422. The summed E-state index contributed by atoms with van der Waals surface area (Å²) < 4.78 is 0. The summed E-state index contributed by atoms with van der Waals surface area (Å²) in [6.07, 6.45) is 4.07. The predicted octanol–water partition coefficient (Wildman–Crippen LogP) is 1.93. The third-order valence-corrected chi connectivity index (χ3v) is 4.22. The number of anilines is 2. The Morgan fingerprint density at radius 1 is 1.17 bits per heavy atom. The van der Waals surface area contributed by atoms with E-state index in [2.05, 4.69) is 25.5 Å². The minimum Gasteiger partial charge on any atom is -0.393 e. The maximum atomic E-state index is 9.69. The van der Waals surface area contributed by atoms with Crippen molar-refractivity contribution in [3.63, 3.8) is 0 Å². The highest BCUT2D eigenvalue weighted by Gasteiger charge is 2.23. The second-order valence-electron chi connectivity index (χ2n) is 5.93. The van der Waals surface area contributed by atoms with Crippen LogP contribution in [0.4, 0.5) is 11.5 Å². The molecule has 0 unspecified atom stereocenters. The number of aromatic nitrogens is 4. The first-order valence-electron chi connectivity index (χ1n) is 7.71. The normalized spacial score (nSPS) is 20.9. The van der Waals surface area contributed by atoms with Gasteiger partial charge in [0.2, 0.25) is 0 Å². The van der Waals surface area contributed by atoms with Crippen LogP contribution in [0.3, 0.4) is 0 Å². The van der Waals surface area contributed by atoms with Crippen LogP contribution in [0.25, 0.3) is 22.4 Å². The molecule has 4 rings (SSSR count). The van der Waals surface area contributed by atoms with Crippen molar-refractivity contribution in [1.29, 1.82) is 0 Å². The Labute approximate surface area is 133 Å². The van der Waals surface area contributed by atoms with Crippen molar-refractivity contribution in [2.75, 3.05) is 11.1 Å². The fourth-order valence-corrected chi connectivity index (χ4v) is 3.10. The number of hydrogen-bond donors (Lipinski definition) is 4. The van der Waals surface area contributed by atoms with E-state index in [1.807, 2.05) is 24.3 Å². The molecular weight excluding hydrogens is 292 g/mol. The molecule has 0 spiro atoms. The number of aliphatic hydroxyl groups is 1. The first-order chi connectivity index (χ1) is 11.2. The van der Waals surface area contributed by atoms with Crippen molar-refractivity contribution in [3.05, 3.63) is 30.5 Å². The van der Waals surface area contributed by atoms with E-state index < -0.39 is 0 Å². The molecule has 7 nitrogen and oxygen atoms in total. The Bertz CT molecular complexity index is 832. The topological polar surface area (TPSA) is 113 Å². The molecule has 1 saturated carbocycles. The van der Waals surface area contributed by atoms with Gasteiger partial charge in [0.25, 0.3) is 0 Å². The van der Waals surface area contributed by atoms with Gasteiger partial charge in [0.05, 0.1) is 11.8 Å². The van der Waals surface area contributed by atoms with Gasteiger partial charge in [0.1, 0.15) is 11.5 Å². The lowest BCUT2D eigenvalue weighted by molar-refractivity contribution is 0.182. The van der Waals surface area contributed by atoms with Crippen LogP contribution in [-0.4, -0.2) is 37.4 Å². The quantitative estimate of drug-likeness (QED) is 0.588. The zero-order chi connectivity index (χ0) is 15.8. The molecule has 1 aliphatic rings. The third-order valence-electron chi connectivity index (χ3n) is 4.22. The summed E-state index contributed by atoms with van der Waals surface area (Å²) in [5, 5.41) is 21.0. The second kappa shape index (κ2) is 5.51. The number of aromatic amines is 1. The van der Waals surface area contributed by atoms with Crippen molar-refractivity contribution >= 4 is 22.5 Å². The van der Waals surface area contributed by atoms with Gasteiger partial charge in [-0.15, -0.1) is 0 Å². The second-order valence-corrected chi connectivity index (χ2v) is 5.93. The van der Waals surface area contributed by atoms with Crippen LogP contribution < -0.4 is 11.1 Å². The van der Waals surface area contributed by atoms with E-state index in [0.29, 0.717) is 11.5 Å². The molecule has 0 bridgehead atoms. The van der Waals surface area contributed by atoms with Crippen molar-refractivity contribution in [3.8, 4) is 11.4 Å². The molecule has 23 heavy (non-hydrogen) atoms. The van der Waals surface area contributed by atoms with Crippen molar-refractivity contribution < 1.29 is 5.11 Å². The van der Waals surface area contributed by atoms with Crippen LogP contribution >= 0.6 is 0 Å². The van der Waals surface area contributed by atoms with Gasteiger partial charge in [-0.2, -0.15) is 5.10 Å². The first-order valence-corrected chi connectivity index (χ1v) is 7.71. The molecule has 1 fully saturated rings. The van der Waals surface area contributed by atoms with Crippen LogP contribution in [0.1, 0.15) is 19.3 Å². The van der Waals surface area contributed by atoms with E-state index >= 15 is 0 Å². The average molecular weight is 310 g/mol. The van der Waals surface area contributed by atoms with Crippen molar-refractivity contribution in [2.45, 2.75) is 31.4 Å². The maximum Gasteiger partial charge on any atom is 0.164 e. The van der Waals surface area contributed by atoms with Crippen LogP contribution in [0.2, 0.25) is 0 Å². The molecule has 118 valence electrons. The predicted molar refractivity (Wildman–Crippen MR) is 88.8 cm³/mol. The molecule has 0 radical (unpaired) electrons. The number of H-pyrrole nitrogens is 1. The van der Waals surface area contributed by atoms with E-state index in [1.165, 1.54) is 0 Å². The van der Waals surface area contributed by atoms with Gasteiger partial charge >= 0.3 is 0 Å². The largest absolute Gasteiger partial charge is 0.393 e. The lowest BCUT2D eigenvalue weighted by Gasteiger charge is -2.16. The average Bonchev–Trinajstić information content (AvgIpc) is 3.18. The first kappa shape index (κ1) is 14.0. The van der Waals surface area contributed by atoms with Crippen LogP contribution in [0.5, 0.6) is 0 Å². The van der Waals surface area contributed by atoms with E-state index in [-0.39, 0.29) is 12.1 Å². The zero-order valence-corrected chi connectivity index (χ0v) is 12.5. The molecule has 3 aromatic heterocycles. The number of fused-ring (bicyclic) bond motifs is 1. The van der Waals surface area contributed by atoms with Crippen molar-refractivity contribution in [1.82, 2.24) is 20.2 Å². The molecular formula is C16H18N6O. The molecule has 2 atom stereocenters. The third kappa shape index (κ3) is 2.70. The monoisotopic (exact) mass is 310 g/mol. The van der Waals surface area contributed by atoms with E-state index in [4.69, 9.17) is 5.73 Å². The SMILES string of the molecule is Nc1cc(N[C@H]2CC[C@H](O)C2)c2ccc(-c3cc[nH]n3)nc2n1. The highest BCUT2D eigenvalue weighted by atomic mass is 16.3. The Morgan fingerprint density at radius 2 is 2.09 bits per heavy atom. The number of pyridine rings is 2. The molecule has 0 amide bonds. The molecule has 0 aromatic carbocycles. The summed E-state index contributed by atoms with van der Waals surface area (Å²) in [7, 11) is 0. The standard InChI is InChI=1S/C16H18N6O/c17-15-8-14(19-9-1-2-10(23)7-9)11-3-4-12(20-16(11)21-15)13-5-6-18-22-13/h3-6,8-10,23H,1-2,7H2,(H,18,22)(H3,17,19,20,21)/t9-,10-/m0/s1. The van der Waals surface area contributed by atoms with Gasteiger partial charge < -0.3 is 16.2 Å². The fourth-order valence-electron chi connectivity index (χ4n) is 3.10. The molecule has 0 saturated heterocycles. The Balaban J connectivity index is 1.73. The van der Waals surface area contributed by atoms with E-state index in [1.54, 1.807) is 6.20 Å². The fraction of sp³-hybridized carbons (Fsp3) is 0.312. The van der Waals surface area contributed by atoms with Gasteiger partial charge in [-0.25, -0.2) is 9.97 Å². The number of nitrogen functional groups attached to an aromatic ring is 1. The Kier molecular flexibility index (Phi) is 3.34. The molecule has 5 N–H and O–H groups in total. The summed E-state index contributed by atoms with van der Waals surface area (Å²) >= 11 is 0. The molecule has 3 heterocycles. The molecule has 7 heteroatoms. The molecule has 0 aliphatic heterocycles. The van der Waals surface area contributed by atoms with Crippen molar-refractivity contribution in [2.24, 2.45) is 0 Å². The summed E-state index contributed by atoms with van der Waals surface area (Å²) in [4.78, 5) is 8.90. The lowest BCUT2D eigenvalue weighted by atomic mass is 10.1. The van der Waals surface area contributed by atoms with E-state index in [9.17, 15) is 5.11 Å². The van der Waals surface area contributed by atoms with Crippen LogP contribution in [0, 0.1) is 0 Å². The molecule has 3 aromatic rings. The van der Waals surface area contributed by atoms with E-state index in [0.717, 1.165) is 41.7 Å². The lowest BCUT2D eigenvalue weighted by Crippen LogP contribution is -2.17. The highest BCUT2D eigenvalue weighted by molar-refractivity contribution is 5.91. The Hall–Kier alpha value is -2.67. The van der Waals surface area contributed by atoms with Gasteiger partial charge in [-0.3, -0.25) is 5.10 Å². The number of rotatable bonds is 3. The number of nitrogens with zero attached hydrogens (tertiary/aromatic N) is 3. The zero-order valence-electron chi connectivity index (χ0n) is 12.5. The van der Waals surface area contributed by atoms with Gasteiger partial charge in [0.15, 0.2) is 5.65 Å². The summed E-state index contributed by atoms with van der Waals surface area (Å²) in [6.45, 7) is 0. The number of aliphatic hydroxyl groups excluding tert-OH is 1. The van der Waals surface area contributed by atoms with Crippen LogP contribution in [0.15, 0.2) is 30.5 Å². The van der Waals surface area contributed by atoms with Gasteiger partial charge in [-0.05, 0) is 37.5 Å². The van der Waals surface area contributed by atoms with Gasteiger partial charge in [-0.1, -0.05) is 0 Å². The molecule has 1 aliphatic carbocycles.